The van der Waals surface area contributed by atoms with E-state index < -0.39 is 0 Å². The highest BCUT2D eigenvalue weighted by Crippen LogP contribution is 2.21. The zero-order chi connectivity index (χ0) is 17.6. The number of halogens is 1. The molecule has 1 amide bonds. The molecule has 0 unspecified atom stereocenters. The molecule has 2 heterocycles. The molecule has 0 spiro atoms. The maximum Gasteiger partial charge on any atom is 0.224 e. The lowest BCUT2D eigenvalue weighted by atomic mass is 10.1. The van der Waals surface area contributed by atoms with Crippen molar-refractivity contribution in [1.82, 2.24) is 20.1 Å². The Labute approximate surface area is 155 Å². The third-order valence-electron chi connectivity index (χ3n) is 3.77. The topological polar surface area (TPSA) is 59.8 Å². The van der Waals surface area contributed by atoms with Crippen molar-refractivity contribution < 1.29 is 4.79 Å². The van der Waals surface area contributed by atoms with Crippen molar-refractivity contribution >= 4 is 28.8 Å². The Kier molecular flexibility index (Phi) is 5.83. The predicted molar refractivity (Wildman–Crippen MR) is 101 cm³/mol. The quantitative estimate of drug-likeness (QED) is 0.686. The molecule has 1 atom stereocenters. The largest absolute Gasteiger partial charge is 0.355 e. The third-order valence-corrected chi connectivity index (χ3v) is 4.87. The second kappa shape index (κ2) is 8.27. The zero-order valence-corrected chi connectivity index (χ0v) is 15.4. The molecule has 0 bridgehead atoms. The second-order valence-electron chi connectivity index (χ2n) is 5.82. The van der Waals surface area contributed by atoms with Gasteiger partial charge in [-0.25, -0.2) is 4.98 Å². The summed E-state index contributed by atoms with van der Waals surface area (Å²) in [5.74, 6) is -0.168. The number of carbonyl (C=O) groups excluding carboxylic acids is 1. The number of nitrogens with one attached hydrogen (secondary N) is 1. The van der Waals surface area contributed by atoms with Gasteiger partial charge >= 0.3 is 0 Å². The maximum atomic E-state index is 12.2. The molecule has 0 aliphatic carbocycles. The summed E-state index contributed by atoms with van der Waals surface area (Å²) in [6.07, 6.45) is 4.01. The summed E-state index contributed by atoms with van der Waals surface area (Å²) in [7, 11) is 0. The number of hydrogen-bond acceptors (Lipinski definition) is 4. The molecule has 1 N–H and O–H groups in total. The molecule has 0 aliphatic rings. The molecule has 0 radical (unpaired) electrons. The van der Waals surface area contributed by atoms with Crippen LogP contribution in [0.5, 0.6) is 0 Å². The van der Waals surface area contributed by atoms with Crippen molar-refractivity contribution in [1.29, 1.82) is 0 Å². The van der Waals surface area contributed by atoms with E-state index in [1.165, 1.54) is 0 Å². The fraction of sp³-hybridized carbons (Fsp3) is 0.278. The predicted octanol–water partition coefficient (Wildman–Crippen LogP) is 3.66. The lowest BCUT2D eigenvalue weighted by Crippen LogP contribution is -2.33. The van der Waals surface area contributed by atoms with E-state index >= 15 is 0 Å². The molecule has 2 aromatic heterocycles. The molecular weight excluding hydrogens is 356 g/mol. The van der Waals surface area contributed by atoms with Crippen molar-refractivity contribution in [3.63, 3.8) is 0 Å². The van der Waals surface area contributed by atoms with Crippen LogP contribution in [0.3, 0.4) is 0 Å². The summed E-state index contributed by atoms with van der Waals surface area (Å²) in [6, 6.07) is 10.1. The van der Waals surface area contributed by atoms with Gasteiger partial charge in [0.2, 0.25) is 5.91 Å². The SMILES string of the molecule is C[C@@H](Cn1cc(Cl)cn1)C(=O)NCCc1nc(-c2ccccc2)cs1. The van der Waals surface area contributed by atoms with Crippen LogP contribution in [0.25, 0.3) is 11.3 Å². The number of nitrogens with zero attached hydrogens (tertiary/aromatic N) is 3. The first-order valence-electron chi connectivity index (χ1n) is 8.07. The Hall–Kier alpha value is -2.18. The highest BCUT2D eigenvalue weighted by molar-refractivity contribution is 7.09. The standard InChI is InChI=1S/C18H19ClN4OS/c1-13(10-23-11-15(19)9-21-23)18(24)20-8-7-17-22-16(12-25-17)14-5-3-2-4-6-14/h2-6,9,11-13H,7-8,10H2,1H3,(H,20,24)/t13-/m0/s1. The summed E-state index contributed by atoms with van der Waals surface area (Å²) in [4.78, 5) is 16.8. The molecule has 25 heavy (non-hydrogen) atoms. The first-order valence-corrected chi connectivity index (χ1v) is 9.33. The van der Waals surface area contributed by atoms with Gasteiger partial charge in [-0.05, 0) is 0 Å². The van der Waals surface area contributed by atoms with Crippen molar-refractivity contribution in [2.75, 3.05) is 6.54 Å². The smallest absolute Gasteiger partial charge is 0.224 e. The highest BCUT2D eigenvalue weighted by Gasteiger charge is 2.14. The van der Waals surface area contributed by atoms with Crippen LogP contribution in [0.4, 0.5) is 0 Å². The first kappa shape index (κ1) is 17.6. The van der Waals surface area contributed by atoms with Gasteiger partial charge < -0.3 is 5.32 Å². The highest BCUT2D eigenvalue weighted by atomic mass is 35.5. The van der Waals surface area contributed by atoms with Gasteiger partial charge in [0.15, 0.2) is 0 Å². The minimum Gasteiger partial charge on any atom is -0.355 e. The summed E-state index contributed by atoms with van der Waals surface area (Å²) >= 11 is 7.45. The van der Waals surface area contributed by atoms with Crippen molar-refractivity contribution in [3.8, 4) is 11.3 Å². The number of hydrogen-bond donors (Lipinski definition) is 1. The van der Waals surface area contributed by atoms with Crippen LogP contribution in [0.15, 0.2) is 48.1 Å². The Morgan fingerprint density at radius 2 is 2.16 bits per heavy atom. The van der Waals surface area contributed by atoms with Gasteiger partial charge in [-0.2, -0.15) is 5.10 Å². The van der Waals surface area contributed by atoms with E-state index in [1.54, 1.807) is 28.4 Å². The van der Waals surface area contributed by atoms with Gasteiger partial charge in [0.25, 0.3) is 0 Å². The first-order chi connectivity index (χ1) is 12.1. The second-order valence-corrected chi connectivity index (χ2v) is 7.19. The van der Waals surface area contributed by atoms with E-state index in [0.29, 0.717) is 18.1 Å². The number of amides is 1. The van der Waals surface area contributed by atoms with Crippen molar-refractivity contribution in [2.24, 2.45) is 5.92 Å². The van der Waals surface area contributed by atoms with Crippen LogP contribution in [-0.2, 0) is 17.8 Å². The third kappa shape index (κ3) is 4.90. The minimum atomic E-state index is -0.174. The fourth-order valence-corrected chi connectivity index (χ4v) is 3.40. The lowest BCUT2D eigenvalue weighted by Gasteiger charge is -2.11. The van der Waals surface area contributed by atoms with E-state index in [9.17, 15) is 4.79 Å². The molecule has 0 fully saturated rings. The van der Waals surface area contributed by atoms with Gasteiger partial charge in [-0.3, -0.25) is 9.48 Å². The molecule has 5 nitrogen and oxygen atoms in total. The summed E-state index contributed by atoms with van der Waals surface area (Å²) in [5.41, 5.74) is 2.09. The normalized spacial score (nSPS) is 12.1. The van der Waals surface area contributed by atoms with Crippen LogP contribution >= 0.6 is 22.9 Å². The van der Waals surface area contributed by atoms with Crippen LogP contribution in [0.1, 0.15) is 11.9 Å². The molecule has 1 aromatic carbocycles. The number of carbonyl (C=O) groups is 1. The lowest BCUT2D eigenvalue weighted by molar-refractivity contribution is -0.124. The summed E-state index contributed by atoms with van der Waals surface area (Å²) < 4.78 is 1.68. The number of thiazole rings is 1. The van der Waals surface area contributed by atoms with Crippen molar-refractivity contribution in [3.05, 3.63) is 58.1 Å². The van der Waals surface area contributed by atoms with Crippen LogP contribution in [0, 0.1) is 5.92 Å². The van der Waals surface area contributed by atoms with Gasteiger partial charge in [-0.15, -0.1) is 11.3 Å². The Balaban J connectivity index is 1.46. The van der Waals surface area contributed by atoms with Gasteiger partial charge in [0.05, 0.1) is 34.4 Å². The molecule has 3 rings (SSSR count). The Bertz CT molecular complexity index is 830. The van der Waals surface area contributed by atoms with Crippen LogP contribution in [-0.4, -0.2) is 27.2 Å². The Morgan fingerprint density at radius 1 is 1.36 bits per heavy atom. The average Bonchev–Trinajstić information content (AvgIpc) is 3.25. The average molecular weight is 375 g/mol. The Morgan fingerprint density at radius 3 is 2.88 bits per heavy atom. The summed E-state index contributed by atoms with van der Waals surface area (Å²) in [5, 5.41) is 10.7. The van der Waals surface area contributed by atoms with E-state index in [4.69, 9.17) is 11.6 Å². The van der Waals surface area contributed by atoms with Gasteiger partial charge in [0, 0.05) is 30.1 Å². The number of rotatable bonds is 7. The van der Waals surface area contributed by atoms with Gasteiger partial charge in [0.1, 0.15) is 0 Å². The van der Waals surface area contributed by atoms with E-state index in [1.807, 2.05) is 37.3 Å². The molecule has 0 saturated carbocycles. The molecular formula is C18H19ClN4OS. The van der Waals surface area contributed by atoms with Crippen LogP contribution < -0.4 is 5.32 Å². The molecule has 0 saturated heterocycles. The zero-order valence-electron chi connectivity index (χ0n) is 13.9. The number of benzene rings is 1. The van der Waals surface area contributed by atoms with E-state index in [2.05, 4.69) is 20.8 Å². The summed E-state index contributed by atoms with van der Waals surface area (Å²) in [6.45, 7) is 2.96. The van der Waals surface area contributed by atoms with Crippen LogP contribution in [0.2, 0.25) is 5.02 Å². The monoisotopic (exact) mass is 374 g/mol. The number of aromatic nitrogens is 3. The maximum absolute atomic E-state index is 12.2. The minimum absolute atomic E-state index is 0.00598. The fourth-order valence-electron chi connectivity index (χ4n) is 2.44. The molecule has 0 aliphatic heterocycles. The van der Waals surface area contributed by atoms with E-state index in [0.717, 1.165) is 22.7 Å². The molecule has 3 aromatic rings. The molecule has 130 valence electrons. The van der Waals surface area contributed by atoms with Crippen molar-refractivity contribution in [2.45, 2.75) is 19.9 Å². The van der Waals surface area contributed by atoms with Gasteiger partial charge in [-0.1, -0.05) is 48.9 Å². The molecule has 7 heteroatoms. The van der Waals surface area contributed by atoms with E-state index in [-0.39, 0.29) is 11.8 Å².